The number of halogens is 3. The average Bonchev–Trinajstić information content (AvgIpc) is 2.31. The summed E-state index contributed by atoms with van der Waals surface area (Å²) in [7, 11) is 0. The van der Waals surface area contributed by atoms with Crippen LogP contribution in [0.5, 0.6) is 5.75 Å². The van der Waals surface area contributed by atoms with E-state index < -0.39 is 11.7 Å². The molecule has 0 saturated carbocycles. The molecule has 0 aliphatic rings. The minimum Gasteiger partial charge on any atom is -0.492 e. The monoisotopic (exact) mass is 304 g/mol. The summed E-state index contributed by atoms with van der Waals surface area (Å²) in [4.78, 5) is 2.21. The van der Waals surface area contributed by atoms with Crippen LogP contribution in [0.15, 0.2) is 18.2 Å². The van der Waals surface area contributed by atoms with Crippen LogP contribution in [0.4, 0.5) is 18.9 Å². The van der Waals surface area contributed by atoms with Gasteiger partial charge in [0, 0.05) is 30.4 Å². The van der Waals surface area contributed by atoms with Crippen LogP contribution in [0.25, 0.3) is 0 Å². The smallest absolute Gasteiger partial charge is 0.416 e. The molecule has 0 aliphatic heterocycles. The summed E-state index contributed by atoms with van der Waals surface area (Å²) in [5.74, 6) is 0.148. The minimum atomic E-state index is -4.42. The molecule has 1 aromatic carbocycles. The fourth-order valence-corrected chi connectivity index (χ4v) is 2.25. The summed E-state index contributed by atoms with van der Waals surface area (Å²) >= 11 is 0. The molecule has 0 fully saturated rings. The van der Waals surface area contributed by atoms with Crippen LogP contribution in [0, 0.1) is 0 Å². The Hall–Kier alpha value is -1.43. The molecule has 21 heavy (non-hydrogen) atoms. The Labute approximate surface area is 123 Å². The zero-order valence-electron chi connectivity index (χ0n) is 12.9. The molecule has 0 radical (unpaired) electrons. The van der Waals surface area contributed by atoms with E-state index in [4.69, 9.17) is 10.5 Å². The summed E-state index contributed by atoms with van der Waals surface area (Å²) in [6.45, 7) is 9.25. The number of nitrogens with zero attached hydrogens (tertiary/aromatic N) is 1. The minimum absolute atomic E-state index is 0.0457. The van der Waals surface area contributed by atoms with E-state index in [1.165, 1.54) is 6.07 Å². The van der Waals surface area contributed by atoms with Gasteiger partial charge >= 0.3 is 6.18 Å². The number of rotatable bonds is 6. The van der Waals surface area contributed by atoms with Gasteiger partial charge in [-0.2, -0.15) is 13.2 Å². The van der Waals surface area contributed by atoms with Crippen molar-refractivity contribution in [3.63, 3.8) is 0 Å². The molecule has 0 unspecified atom stereocenters. The van der Waals surface area contributed by atoms with E-state index in [-0.39, 0.29) is 11.4 Å². The fourth-order valence-electron chi connectivity index (χ4n) is 2.25. The van der Waals surface area contributed by atoms with Crippen LogP contribution < -0.4 is 10.5 Å². The highest BCUT2D eigenvalue weighted by Gasteiger charge is 2.31. The van der Waals surface area contributed by atoms with E-state index in [1.54, 1.807) is 0 Å². The second-order valence-electron chi connectivity index (χ2n) is 5.56. The lowest BCUT2D eigenvalue weighted by Crippen LogP contribution is -2.39. The van der Waals surface area contributed by atoms with E-state index in [1.807, 2.05) is 0 Å². The molecule has 1 aromatic rings. The first kappa shape index (κ1) is 17.6. The molecule has 0 bridgehead atoms. The highest BCUT2D eigenvalue weighted by Crippen LogP contribution is 2.33. The maximum Gasteiger partial charge on any atom is 0.416 e. The van der Waals surface area contributed by atoms with Crippen molar-refractivity contribution in [3.05, 3.63) is 23.8 Å². The number of alkyl halides is 3. The molecule has 0 amide bonds. The third-order valence-electron chi connectivity index (χ3n) is 3.20. The Morgan fingerprint density at radius 2 is 1.67 bits per heavy atom. The topological polar surface area (TPSA) is 38.5 Å². The first-order valence-electron chi connectivity index (χ1n) is 6.97. The second kappa shape index (κ2) is 7.02. The molecule has 0 aromatic heterocycles. The zero-order chi connectivity index (χ0) is 16.2. The Balaban J connectivity index is 2.70. The maximum absolute atomic E-state index is 12.7. The van der Waals surface area contributed by atoms with E-state index in [0.717, 1.165) is 12.1 Å². The van der Waals surface area contributed by atoms with Crippen molar-refractivity contribution >= 4 is 5.69 Å². The number of anilines is 1. The molecular formula is C15H23F3N2O. The Kier molecular flexibility index (Phi) is 5.89. The van der Waals surface area contributed by atoms with Gasteiger partial charge in [0.25, 0.3) is 0 Å². The number of nitrogens with two attached hydrogens (primary N) is 1. The number of nitrogen functional groups attached to an aromatic ring is 1. The first-order valence-corrected chi connectivity index (χ1v) is 6.97. The molecular weight excluding hydrogens is 281 g/mol. The van der Waals surface area contributed by atoms with E-state index in [0.29, 0.717) is 25.2 Å². The van der Waals surface area contributed by atoms with Crippen LogP contribution in [-0.4, -0.2) is 30.1 Å². The lowest BCUT2D eigenvalue weighted by molar-refractivity contribution is -0.137. The van der Waals surface area contributed by atoms with Gasteiger partial charge in [0.1, 0.15) is 12.4 Å². The lowest BCUT2D eigenvalue weighted by Gasteiger charge is -2.30. The van der Waals surface area contributed by atoms with Gasteiger partial charge in [0.05, 0.1) is 5.56 Å². The highest BCUT2D eigenvalue weighted by atomic mass is 19.4. The largest absolute Gasteiger partial charge is 0.492 e. The summed E-state index contributed by atoms with van der Waals surface area (Å²) < 4.78 is 43.5. The maximum atomic E-state index is 12.7. The molecule has 1 rings (SSSR count). The van der Waals surface area contributed by atoms with E-state index in [9.17, 15) is 13.2 Å². The van der Waals surface area contributed by atoms with Crippen molar-refractivity contribution in [1.29, 1.82) is 0 Å². The highest BCUT2D eigenvalue weighted by molar-refractivity contribution is 5.48. The van der Waals surface area contributed by atoms with Crippen LogP contribution >= 0.6 is 0 Å². The molecule has 0 heterocycles. The first-order chi connectivity index (χ1) is 9.61. The van der Waals surface area contributed by atoms with Crippen molar-refractivity contribution < 1.29 is 17.9 Å². The van der Waals surface area contributed by atoms with Gasteiger partial charge in [-0.25, -0.2) is 0 Å². The van der Waals surface area contributed by atoms with Gasteiger partial charge in [-0.15, -0.1) is 0 Å². The lowest BCUT2D eigenvalue weighted by atomic mass is 10.2. The molecule has 3 nitrogen and oxygen atoms in total. The van der Waals surface area contributed by atoms with Crippen LogP contribution in [-0.2, 0) is 6.18 Å². The predicted octanol–water partition coefficient (Wildman–Crippen LogP) is 3.79. The SMILES string of the molecule is CC(C)N(CCOc1cc(N)cc(C(F)(F)F)c1)C(C)C. The summed E-state index contributed by atoms with van der Waals surface area (Å²) in [5, 5.41) is 0. The van der Waals surface area contributed by atoms with Gasteiger partial charge in [-0.05, 0) is 39.8 Å². The van der Waals surface area contributed by atoms with Crippen molar-refractivity contribution in [2.24, 2.45) is 0 Å². The van der Waals surface area contributed by atoms with Crippen molar-refractivity contribution in [3.8, 4) is 5.75 Å². The van der Waals surface area contributed by atoms with E-state index >= 15 is 0 Å². The summed E-state index contributed by atoms with van der Waals surface area (Å²) in [5.41, 5.74) is 4.75. The number of hydrogen-bond acceptors (Lipinski definition) is 3. The Morgan fingerprint density at radius 1 is 1.10 bits per heavy atom. The average molecular weight is 304 g/mol. The van der Waals surface area contributed by atoms with Gasteiger partial charge in [-0.3, -0.25) is 4.90 Å². The van der Waals surface area contributed by atoms with Crippen molar-refractivity contribution in [2.75, 3.05) is 18.9 Å². The van der Waals surface area contributed by atoms with Gasteiger partial charge in [0.15, 0.2) is 0 Å². The van der Waals surface area contributed by atoms with Gasteiger partial charge in [0.2, 0.25) is 0 Å². The zero-order valence-corrected chi connectivity index (χ0v) is 12.9. The fraction of sp³-hybridized carbons (Fsp3) is 0.600. The number of benzene rings is 1. The molecule has 0 aliphatic carbocycles. The van der Waals surface area contributed by atoms with Crippen molar-refractivity contribution in [1.82, 2.24) is 4.90 Å². The van der Waals surface area contributed by atoms with Crippen LogP contribution in [0.3, 0.4) is 0 Å². The molecule has 2 N–H and O–H groups in total. The summed E-state index contributed by atoms with van der Waals surface area (Å²) in [6.07, 6.45) is -4.42. The third-order valence-corrected chi connectivity index (χ3v) is 3.20. The Bertz CT molecular complexity index is 451. The number of hydrogen-bond donors (Lipinski definition) is 1. The van der Waals surface area contributed by atoms with Gasteiger partial charge in [-0.1, -0.05) is 0 Å². The number of ether oxygens (including phenoxy) is 1. The van der Waals surface area contributed by atoms with Crippen molar-refractivity contribution in [2.45, 2.75) is 46.0 Å². The second-order valence-corrected chi connectivity index (χ2v) is 5.56. The molecule has 0 atom stereocenters. The van der Waals surface area contributed by atoms with Gasteiger partial charge < -0.3 is 10.5 Å². The molecule has 120 valence electrons. The van der Waals surface area contributed by atoms with Crippen LogP contribution in [0.1, 0.15) is 33.3 Å². The summed E-state index contributed by atoms with van der Waals surface area (Å²) in [6, 6.07) is 3.98. The Morgan fingerprint density at radius 3 is 2.14 bits per heavy atom. The normalized spacial score (nSPS) is 12.5. The van der Waals surface area contributed by atoms with E-state index in [2.05, 4.69) is 32.6 Å². The third kappa shape index (κ3) is 5.46. The quantitative estimate of drug-likeness (QED) is 0.813. The standard InChI is InChI=1S/C15H23F3N2O/c1-10(2)20(11(3)4)5-6-21-14-8-12(15(16,17)18)7-13(19)9-14/h7-11H,5-6,19H2,1-4H3. The molecule has 0 saturated heterocycles. The predicted molar refractivity (Wildman–Crippen MR) is 78.3 cm³/mol. The molecule has 6 heteroatoms. The van der Waals surface area contributed by atoms with Crippen LogP contribution in [0.2, 0.25) is 0 Å². The molecule has 0 spiro atoms.